The Kier molecular flexibility index (Phi) is 5.64. The molecule has 0 bridgehead atoms. The van der Waals surface area contributed by atoms with E-state index in [1.807, 2.05) is 12.1 Å². The summed E-state index contributed by atoms with van der Waals surface area (Å²) >= 11 is 5.65. The Morgan fingerprint density at radius 3 is 2.79 bits per heavy atom. The highest BCUT2D eigenvalue weighted by molar-refractivity contribution is 7.90. The average Bonchev–Trinajstić information content (AvgIpc) is 2.62. The van der Waals surface area contributed by atoms with Gasteiger partial charge in [0.1, 0.15) is 9.92 Å². The number of halogens is 2. The van der Waals surface area contributed by atoms with Crippen molar-refractivity contribution in [2.45, 2.75) is 23.8 Å². The van der Waals surface area contributed by atoms with Gasteiger partial charge in [-0.1, -0.05) is 35.9 Å². The molecule has 1 aliphatic heterocycles. The smallest absolute Gasteiger partial charge is 0.290 e. The van der Waals surface area contributed by atoms with Crippen molar-refractivity contribution in [1.29, 1.82) is 0 Å². The number of nitro groups is 1. The van der Waals surface area contributed by atoms with Crippen molar-refractivity contribution in [3.05, 3.63) is 68.5 Å². The second-order valence-corrected chi connectivity index (χ2v) is 8.09. The van der Waals surface area contributed by atoms with Crippen LogP contribution >= 0.6 is 11.6 Å². The molecule has 0 spiro atoms. The lowest BCUT2D eigenvalue weighted by Gasteiger charge is -2.25. The Morgan fingerprint density at radius 2 is 2.07 bits per heavy atom. The standard InChI is InChI=1S/C17H14ClFN2O6S/c18-12-7-16(13(19)8-14(12)21(23)24)28(25,26)20-17(22)9-15-11-4-2-1-3-10(11)5-6-27-15/h1-4,7-8,15H,5-6,9H2,(H,20,22)/t15-/m0/s1. The zero-order valence-corrected chi connectivity index (χ0v) is 15.8. The van der Waals surface area contributed by atoms with Crippen LogP contribution in [0.1, 0.15) is 23.7 Å². The number of fused-ring (bicyclic) bond motifs is 1. The van der Waals surface area contributed by atoms with Gasteiger partial charge in [0, 0.05) is 0 Å². The molecule has 148 valence electrons. The van der Waals surface area contributed by atoms with Crippen LogP contribution in [-0.4, -0.2) is 25.9 Å². The number of nitrogens with zero attached hydrogens (tertiary/aromatic N) is 1. The first kappa shape index (κ1) is 20.2. The Hall–Kier alpha value is -2.56. The number of carbonyl (C=O) groups excluding carboxylic acids is 1. The van der Waals surface area contributed by atoms with Gasteiger partial charge in [0.15, 0.2) is 5.82 Å². The average molecular weight is 429 g/mol. The second kappa shape index (κ2) is 7.82. The number of rotatable bonds is 5. The summed E-state index contributed by atoms with van der Waals surface area (Å²) in [5, 5.41) is 10.2. The number of carbonyl (C=O) groups is 1. The molecule has 0 fully saturated rings. The lowest BCUT2D eigenvalue weighted by Crippen LogP contribution is -2.33. The molecule has 0 aromatic heterocycles. The Morgan fingerprint density at radius 1 is 1.36 bits per heavy atom. The first-order chi connectivity index (χ1) is 13.2. The van der Waals surface area contributed by atoms with Gasteiger partial charge in [-0.2, -0.15) is 0 Å². The van der Waals surface area contributed by atoms with Crippen molar-refractivity contribution >= 4 is 33.2 Å². The maximum Gasteiger partial charge on any atom is 0.290 e. The molecular weight excluding hydrogens is 415 g/mol. The van der Waals surface area contributed by atoms with Crippen LogP contribution in [0.2, 0.25) is 5.02 Å². The second-order valence-electron chi connectivity index (χ2n) is 6.03. The van der Waals surface area contributed by atoms with Gasteiger partial charge in [-0.15, -0.1) is 0 Å². The number of ether oxygens (including phenoxy) is 1. The topological polar surface area (TPSA) is 116 Å². The molecule has 2 aromatic carbocycles. The summed E-state index contributed by atoms with van der Waals surface area (Å²) in [4.78, 5) is 21.1. The molecule has 8 nitrogen and oxygen atoms in total. The minimum absolute atomic E-state index is 0.293. The van der Waals surface area contributed by atoms with Gasteiger partial charge in [0.25, 0.3) is 15.7 Å². The van der Waals surface area contributed by atoms with Gasteiger partial charge in [0.2, 0.25) is 5.91 Å². The first-order valence-corrected chi connectivity index (χ1v) is 9.93. The molecule has 11 heteroatoms. The molecule has 3 rings (SSSR count). The SMILES string of the molecule is O=C(C[C@@H]1OCCc2ccccc21)NS(=O)(=O)c1cc(Cl)c([N+](=O)[O-])cc1F. The minimum Gasteiger partial charge on any atom is -0.373 e. The summed E-state index contributed by atoms with van der Waals surface area (Å²) in [6.45, 7) is 0.383. The number of hydrogen-bond acceptors (Lipinski definition) is 6. The van der Waals surface area contributed by atoms with Crippen LogP contribution in [0, 0.1) is 15.9 Å². The molecule has 0 radical (unpaired) electrons. The van der Waals surface area contributed by atoms with E-state index in [9.17, 15) is 27.7 Å². The van der Waals surface area contributed by atoms with Crippen LogP contribution in [0.15, 0.2) is 41.3 Å². The predicted molar refractivity (Wildman–Crippen MR) is 96.8 cm³/mol. The minimum atomic E-state index is -4.62. The Bertz CT molecular complexity index is 1060. The third-order valence-electron chi connectivity index (χ3n) is 4.20. The summed E-state index contributed by atoms with van der Waals surface area (Å²) in [5.74, 6) is -2.30. The van der Waals surface area contributed by atoms with Crippen molar-refractivity contribution in [3.63, 3.8) is 0 Å². The fraction of sp³-hybridized carbons (Fsp3) is 0.235. The molecule has 1 atom stereocenters. The van der Waals surface area contributed by atoms with E-state index in [1.165, 1.54) is 0 Å². The number of nitrogens with one attached hydrogen (secondary N) is 1. The van der Waals surface area contributed by atoms with Crippen LogP contribution in [0.5, 0.6) is 0 Å². The third-order valence-corrected chi connectivity index (χ3v) is 5.89. The van der Waals surface area contributed by atoms with Gasteiger partial charge < -0.3 is 4.74 Å². The van der Waals surface area contributed by atoms with Crippen LogP contribution in [0.4, 0.5) is 10.1 Å². The molecule has 2 aromatic rings. The normalized spacial score (nSPS) is 16.3. The quantitative estimate of drug-likeness (QED) is 0.578. The monoisotopic (exact) mass is 428 g/mol. The Balaban J connectivity index is 1.79. The number of hydrogen-bond donors (Lipinski definition) is 1. The molecule has 1 amide bonds. The highest BCUT2D eigenvalue weighted by Crippen LogP contribution is 2.31. The van der Waals surface area contributed by atoms with E-state index in [-0.39, 0.29) is 6.42 Å². The van der Waals surface area contributed by atoms with Crippen molar-refractivity contribution in [2.75, 3.05) is 6.61 Å². The van der Waals surface area contributed by atoms with Gasteiger partial charge in [-0.05, 0) is 23.6 Å². The fourth-order valence-corrected chi connectivity index (χ4v) is 4.30. The van der Waals surface area contributed by atoms with Crippen LogP contribution in [0.25, 0.3) is 0 Å². The van der Waals surface area contributed by atoms with E-state index in [2.05, 4.69) is 0 Å². The molecular formula is C17H14ClFN2O6S. The van der Waals surface area contributed by atoms with E-state index in [4.69, 9.17) is 16.3 Å². The highest BCUT2D eigenvalue weighted by Gasteiger charge is 2.29. The number of sulfonamides is 1. The maximum atomic E-state index is 14.1. The van der Waals surface area contributed by atoms with E-state index in [1.54, 1.807) is 16.9 Å². The molecule has 0 unspecified atom stereocenters. The number of amides is 1. The van der Waals surface area contributed by atoms with E-state index < -0.39 is 48.4 Å². The molecule has 1 heterocycles. The lowest BCUT2D eigenvalue weighted by molar-refractivity contribution is -0.384. The predicted octanol–water partition coefficient (Wildman–Crippen LogP) is 2.90. The van der Waals surface area contributed by atoms with Crippen LogP contribution in [0.3, 0.4) is 0 Å². The van der Waals surface area contributed by atoms with Gasteiger partial charge in [-0.25, -0.2) is 17.5 Å². The van der Waals surface area contributed by atoms with Gasteiger partial charge in [-0.3, -0.25) is 14.9 Å². The van der Waals surface area contributed by atoms with Gasteiger partial charge in [0.05, 0.1) is 30.1 Å². The molecule has 0 saturated heterocycles. The van der Waals surface area contributed by atoms with E-state index in [0.29, 0.717) is 25.2 Å². The lowest BCUT2D eigenvalue weighted by atomic mass is 9.96. The maximum absolute atomic E-state index is 14.1. The third kappa shape index (κ3) is 4.13. The largest absolute Gasteiger partial charge is 0.373 e. The van der Waals surface area contributed by atoms with Crippen LogP contribution in [-0.2, 0) is 26.0 Å². The summed E-state index contributed by atoms with van der Waals surface area (Å²) in [5.41, 5.74) is 1.00. The van der Waals surface area contributed by atoms with Crippen molar-refractivity contribution < 1.29 is 27.3 Å². The Labute approximate surface area is 164 Å². The fourth-order valence-electron chi connectivity index (χ4n) is 2.92. The highest BCUT2D eigenvalue weighted by atomic mass is 35.5. The first-order valence-electron chi connectivity index (χ1n) is 8.07. The zero-order chi connectivity index (χ0) is 20.5. The molecule has 1 N–H and O–H groups in total. The summed E-state index contributed by atoms with van der Waals surface area (Å²) in [6, 6.07) is 8.31. The van der Waals surface area contributed by atoms with Gasteiger partial charge >= 0.3 is 0 Å². The zero-order valence-electron chi connectivity index (χ0n) is 14.2. The van der Waals surface area contributed by atoms with Crippen molar-refractivity contribution in [1.82, 2.24) is 4.72 Å². The van der Waals surface area contributed by atoms with E-state index in [0.717, 1.165) is 11.1 Å². The molecule has 28 heavy (non-hydrogen) atoms. The van der Waals surface area contributed by atoms with Crippen molar-refractivity contribution in [3.8, 4) is 0 Å². The molecule has 0 aliphatic carbocycles. The van der Waals surface area contributed by atoms with Crippen LogP contribution < -0.4 is 4.72 Å². The molecule has 0 saturated carbocycles. The number of nitro benzene ring substituents is 1. The van der Waals surface area contributed by atoms with E-state index >= 15 is 0 Å². The summed E-state index contributed by atoms with van der Waals surface area (Å²) < 4.78 is 46.1. The summed E-state index contributed by atoms with van der Waals surface area (Å²) in [7, 11) is -4.62. The number of benzene rings is 2. The summed E-state index contributed by atoms with van der Waals surface area (Å²) in [6.07, 6.45) is -0.247. The van der Waals surface area contributed by atoms with Crippen molar-refractivity contribution in [2.24, 2.45) is 0 Å². The molecule has 1 aliphatic rings.